The highest BCUT2D eigenvalue weighted by Gasteiger charge is 2.46. The molecular weight excluding hydrogens is 408 g/mol. The van der Waals surface area contributed by atoms with Crippen LogP contribution in [0.25, 0.3) is 5.76 Å². The molecule has 2 aromatic carbocycles. The third-order valence-corrected chi connectivity index (χ3v) is 5.44. The van der Waals surface area contributed by atoms with Gasteiger partial charge in [0.1, 0.15) is 17.3 Å². The van der Waals surface area contributed by atoms with Crippen molar-refractivity contribution in [2.75, 3.05) is 14.2 Å². The Labute approximate surface area is 185 Å². The zero-order valence-electron chi connectivity index (χ0n) is 17.7. The number of hydrogen-bond acceptors (Lipinski definition) is 6. The number of amides is 1. The fourth-order valence-corrected chi connectivity index (χ4v) is 3.77. The fourth-order valence-electron chi connectivity index (χ4n) is 3.77. The third-order valence-electron chi connectivity index (χ3n) is 5.44. The molecule has 1 fully saturated rings. The molecule has 1 saturated heterocycles. The number of aromatic nitrogens is 1. The van der Waals surface area contributed by atoms with Crippen molar-refractivity contribution in [2.24, 2.45) is 0 Å². The van der Waals surface area contributed by atoms with Gasteiger partial charge in [-0.05, 0) is 59.7 Å². The minimum absolute atomic E-state index is 0.0411. The molecule has 0 radical (unpaired) electrons. The molecule has 1 atom stereocenters. The van der Waals surface area contributed by atoms with E-state index in [4.69, 9.17) is 9.47 Å². The van der Waals surface area contributed by atoms with E-state index in [0.29, 0.717) is 22.6 Å². The van der Waals surface area contributed by atoms with E-state index >= 15 is 0 Å². The Morgan fingerprint density at radius 1 is 0.906 bits per heavy atom. The second kappa shape index (κ2) is 8.93. The number of pyridine rings is 1. The van der Waals surface area contributed by atoms with Crippen LogP contribution in [-0.2, 0) is 16.1 Å². The molecule has 4 rings (SSSR count). The molecule has 0 saturated carbocycles. The molecule has 7 heteroatoms. The smallest absolute Gasteiger partial charge is 0.295 e. The Morgan fingerprint density at radius 2 is 1.47 bits per heavy atom. The lowest BCUT2D eigenvalue weighted by molar-refractivity contribution is -0.140. The molecule has 1 aliphatic heterocycles. The van der Waals surface area contributed by atoms with Gasteiger partial charge in [-0.25, -0.2) is 0 Å². The van der Waals surface area contributed by atoms with E-state index in [1.165, 1.54) is 4.90 Å². The first-order valence-corrected chi connectivity index (χ1v) is 9.99. The van der Waals surface area contributed by atoms with Gasteiger partial charge in [0, 0.05) is 24.5 Å². The number of methoxy groups -OCH3 is 2. The number of ether oxygens (including phenoxy) is 2. The number of nitrogens with zero attached hydrogens (tertiary/aromatic N) is 2. The van der Waals surface area contributed by atoms with Crippen molar-refractivity contribution in [3.05, 3.63) is 95.3 Å². The summed E-state index contributed by atoms with van der Waals surface area (Å²) in [7, 11) is 3.11. The van der Waals surface area contributed by atoms with Gasteiger partial charge in [-0.3, -0.25) is 14.6 Å². The summed E-state index contributed by atoms with van der Waals surface area (Å²) in [5.41, 5.74) is 1.98. The molecule has 1 N–H and O–H groups in total. The molecule has 1 amide bonds. The lowest BCUT2D eigenvalue weighted by Gasteiger charge is -2.25. The van der Waals surface area contributed by atoms with Gasteiger partial charge in [-0.2, -0.15) is 0 Å². The third kappa shape index (κ3) is 3.92. The number of likely N-dealkylation sites (tertiary alicyclic amines) is 1. The van der Waals surface area contributed by atoms with Crippen molar-refractivity contribution in [3.63, 3.8) is 0 Å². The molecule has 0 spiro atoms. The highest BCUT2D eigenvalue weighted by atomic mass is 16.5. The van der Waals surface area contributed by atoms with Crippen LogP contribution >= 0.6 is 0 Å². The van der Waals surface area contributed by atoms with Gasteiger partial charge in [0.2, 0.25) is 0 Å². The molecule has 7 nitrogen and oxygen atoms in total. The van der Waals surface area contributed by atoms with Crippen molar-refractivity contribution in [1.82, 2.24) is 9.88 Å². The van der Waals surface area contributed by atoms with Crippen molar-refractivity contribution < 1.29 is 24.2 Å². The second-order valence-electron chi connectivity index (χ2n) is 7.28. The van der Waals surface area contributed by atoms with Crippen LogP contribution in [0.4, 0.5) is 0 Å². The molecular formula is C25H22N2O5. The predicted molar refractivity (Wildman–Crippen MR) is 118 cm³/mol. The summed E-state index contributed by atoms with van der Waals surface area (Å²) in [5.74, 6) is -0.365. The minimum Gasteiger partial charge on any atom is -0.507 e. The Bertz CT molecular complexity index is 1160. The largest absolute Gasteiger partial charge is 0.507 e. The van der Waals surface area contributed by atoms with Gasteiger partial charge in [0.05, 0.1) is 25.8 Å². The highest BCUT2D eigenvalue weighted by Crippen LogP contribution is 2.40. The van der Waals surface area contributed by atoms with Crippen molar-refractivity contribution in [3.8, 4) is 11.5 Å². The summed E-state index contributed by atoms with van der Waals surface area (Å²) in [4.78, 5) is 31.6. The molecule has 0 bridgehead atoms. The van der Waals surface area contributed by atoms with Crippen LogP contribution < -0.4 is 9.47 Å². The van der Waals surface area contributed by atoms with Crippen molar-refractivity contribution in [2.45, 2.75) is 12.6 Å². The number of carbonyl (C=O) groups excluding carboxylic acids is 2. The van der Waals surface area contributed by atoms with Crippen LogP contribution in [0.5, 0.6) is 11.5 Å². The summed E-state index contributed by atoms with van der Waals surface area (Å²) in [6, 6.07) is 16.6. The number of aliphatic hydroxyl groups is 1. The number of rotatable bonds is 6. The van der Waals surface area contributed by atoms with Gasteiger partial charge < -0.3 is 19.5 Å². The topological polar surface area (TPSA) is 89.0 Å². The number of carbonyl (C=O) groups is 2. The van der Waals surface area contributed by atoms with E-state index in [0.717, 1.165) is 5.56 Å². The maximum absolute atomic E-state index is 13.1. The summed E-state index contributed by atoms with van der Waals surface area (Å²) < 4.78 is 10.4. The summed E-state index contributed by atoms with van der Waals surface area (Å²) in [5, 5.41) is 11.1. The van der Waals surface area contributed by atoms with Crippen molar-refractivity contribution >= 4 is 17.4 Å². The fraction of sp³-hybridized carbons (Fsp3) is 0.160. The zero-order valence-corrected chi connectivity index (χ0v) is 17.7. The van der Waals surface area contributed by atoms with E-state index in [1.807, 2.05) is 0 Å². The molecule has 1 aliphatic rings. The summed E-state index contributed by atoms with van der Waals surface area (Å²) in [6.45, 7) is 0.198. The monoisotopic (exact) mass is 430 g/mol. The molecule has 3 aromatic rings. The van der Waals surface area contributed by atoms with Crippen LogP contribution in [0.15, 0.2) is 78.6 Å². The first-order valence-electron chi connectivity index (χ1n) is 9.99. The number of aliphatic hydroxyl groups excluding tert-OH is 1. The summed E-state index contributed by atoms with van der Waals surface area (Å²) >= 11 is 0. The number of Topliss-reactive ketones (excluding diaryl/α,β-unsaturated/α-hetero) is 1. The van der Waals surface area contributed by atoms with Gasteiger partial charge in [-0.1, -0.05) is 12.1 Å². The van der Waals surface area contributed by atoms with E-state index in [9.17, 15) is 14.7 Å². The molecule has 2 heterocycles. The maximum Gasteiger partial charge on any atom is 0.295 e. The van der Waals surface area contributed by atoms with E-state index in [2.05, 4.69) is 4.98 Å². The Kier molecular flexibility index (Phi) is 5.89. The van der Waals surface area contributed by atoms with Crippen LogP contribution in [0, 0.1) is 0 Å². The molecule has 1 unspecified atom stereocenters. The number of ketones is 1. The normalized spacial score (nSPS) is 17.4. The second-order valence-corrected chi connectivity index (χ2v) is 7.28. The lowest BCUT2D eigenvalue weighted by Crippen LogP contribution is -2.29. The van der Waals surface area contributed by atoms with Crippen LogP contribution in [0.2, 0.25) is 0 Å². The zero-order chi connectivity index (χ0) is 22.7. The first kappa shape index (κ1) is 21.1. The first-order chi connectivity index (χ1) is 15.5. The molecule has 162 valence electrons. The van der Waals surface area contributed by atoms with E-state index in [-0.39, 0.29) is 17.9 Å². The van der Waals surface area contributed by atoms with Crippen LogP contribution in [0.3, 0.4) is 0 Å². The highest BCUT2D eigenvalue weighted by molar-refractivity contribution is 6.46. The van der Waals surface area contributed by atoms with Crippen molar-refractivity contribution in [1.29, 1.82) is 0 Å². The average Bonchev–Trinajstić information content (AvgIpc) is 3.09. The Hall–Kier alpha value is -4.13. The van der Waals surface area contributed by atoms with E-state index < -0.39 is 17.7 Å². The lowest BCUT2D eigenvalue weighted by atomic mass is 9.95. The van der Waals surface area contributed by atoms with Gasteiger partial charge in [0.15, 0.2) is 0 Å². The Morgan fingerprint density at radius 3 is 2.03 bits per heavy atom. The van der Waals surface area contributed by atoms with Gasteiger partial charge in [-0.15, -0.1) is 0 Å². The standard InChI is InChI=1S/C25H22N2O5/c1-31-19-7-3-17(4-8-19)22-21(23(28)18-5-9-20(32-2)10-6-18)24(29)25(30)27(22)15-16-11-13-26-14-12-16/h3-14,22,28H,15H2,1-2H3. The summed E-state index contributed by atoms with van der Waals surface area (Å²) in [6.07, 6.45) is 3.26. The molecule has 1 aromatic heterocycles. The number of hydrogen-bond donors (Lipinski definition) is 1. The van der Waals surface area contributed by atoms with Gasteiger partial charge >= 0.3 is 0 Å². The Balaban J connectivity index is 1.83. The van der Waals surface area contributed by atoms with Gasteiger partial charge in [0.25, 0.3) is 11.7 Å². The minimum atomic E-state index is -0.754. The molecule has 0 aliphatic carbocycles. The maximum atomic E-state index is 13.1. The molecule has 32 heavy (non-hydrogen) atoms. The van der Waals surface area contributed by atoms with Crippen LogP contribution in [-0.4, -0.2) is 40.9 Å². The number of benzene rings is 2. The predicted octanol–water partition coefficient (Wildman–Crippen LogP) is 3.72. The quantitative estimate of drug-likeness (QED) is 0.364. The van der Waals surface area contributed by atoms with Crippen LogP contribution in [0.1, 0.15) is 22.7 Å². The SMILES string of the molecule is COc1ccc(C(O)=C2C(=O)C(=O)N(Cc3ccncc3)C2c2ccc(OC)cc2)cc1. The van der Waals surface area contributed by atoms with E-state index in [1.54, 1.807) is 87.3 Å². The average molecular weight is 430 g/mol.